The number of rotatable bonds is 5. The number of hydrogen-bond donors (Lipinski definition) is 1. The Hall–Kier alpha value is -1.59. The Labute approximate surface area is 176 Å². The van der Waals surface area contributed by atoms with Crippen molar-refractivity contribution in [1.29, 1.82) is 0 Å². The van der Waals surface area contributed by atoms with Gasteiger partial charge >= 0.3 is 5.97 Å². The van der Waals surface area contributed by atoms with E-state index in [0.29, 0.717) is 18.8 Å². The summed E-state index contributed by atoms with van der Waals surface area (Å²) in [6.07, 6.45) is 0. The second-order valence-electron chi connectivity index (χ2n) is 5.77. The van der Waals surface area contributed by atoms with Gasteiger partial charge in [0.25, 0.3) is 5.91 Å². The number of halogens is 1. The number of anilines is 1. The van der Waals surface area contributed by atoms with Crippen molar-refractivity contribution in [2.45, 2.75) is 4.90 Å². The van der Waals surface area contributed by atoms with Crippen LogP contribution in [0, 0.1) is 0 Å². The fourth-order valence-electron chi connectivity index (χ4n) is 2.65. The van der Waals surface area contributed by atoms with Gasteiger partial charge in [0, 0.05) is 30.3 Å². The molecular formula is C17H17ClN2O5S3. The number of methoxy groups -OCH3 is 1. The molecule has 150 valence electrons. The van der Waals surface area contributed by atoms with Crippen LogP contribution in [0.5, 0.6) is 0 Å². The first-order valence-electron chi connectivity index (χ1n) is 8.19. The molecule has 2 heterocycles. The average molecular weight is 461 g/mol. The van der Waals surface area contributed by atoms with Crippen molar-refractivity contribution < 1.29 is 22.7 Å². The van der Waals surface area contributed by atoms with Gasteiger partial charge in [0.1, 0.15) is 9.77 Å². The van der Waals surface area contributed by atoms with Gasteiger partial charge in [0.2, 0.25) is 10.0 Å². The molecule has 0 saturated carbocycles. The van der Waals surface area contributed by atoms with Gasteiger partial charge < -0.3 is 10.1 Å². The molecule has 1 aromatic carbocycles. The Kier molecular flexibility index (Phi) is 6.66. The van der Waals surface area contributed by atoms with E-state index in [0.717, 1.165) is 22.8 Å². The fraction of sp³-hybridized carbons (Fsp3) is 0.294. The molecule has 1 fully saturated rings. The molecule has 0 aliphatic carbocycles. The lowest BCUT2D eigenvalue weighted by atomic mass is 10.2. The van der Waals surface area contributed by atoms with Crippen LogP contribution in [-0.4, -0.2) is 56.3 Å². The highest BCUT2D eigenvalue weighted by Gasteiger charge is 2.31. The summed E-state index contributed by atoms with van der Waals surface area (Å²) < 4.78 is 31.9. The van der Waals surface area contributed by atoms with Crippen LogP contribution in [0.2, 0.25) is 5.02 Å². The van der Waals surface area contributed by atoms with Gasteiger partial charge in [-0.3, -0.25) is 4.79 Å². The molecule has 28 heavy (non-hydrogen) atoms. The average Bonchev–Trinajstić information content (AvgIpc) is 3.20. The lowest BCUT2D eigenvalue weighted by Crippen LogP contribution is -2.38. The molecule has 1 aromatic heterocycles. The Morgan fingerprint density at radius 3 is 2.61 bits per heavy atom. The van der Waals surface area contributed by atoms with Crippen LogP contribution in [0.4, 0.5) is 5.69 Å². The minimum Gasteiger partial charge on any atom is -0.465 e. The van der Waals surface area contributed by atoms with Crippen molar-refractivity contribution >= 4 is 62.3 Å². The molecule has 0 spiro atoms. The summed E-state index contributed by atoms with van der Waals surface area (Å²) in [6.45, 7) is 0.840. The van der Waals surface area contributed by atoms with E-state index in [-0.39, 0.29) is 20.4 Å². The molecule has 2 aromatic rings. The molecule has 1 N–H and O–H groups in total. The molecule has 7 nitrogen and oxygen atoms in total. The van der Waals surface area contributed by atoms with Crippen LogP contribution in [0.3, 0.4) is 0 Å². The number of nitrogens with zero attached hydrogens (tertiary/aromatic N) is 1. The largest absolute Gasteiger partial charge is 0.465 e. The number of benzene rings is 1. The lowest BCUT2D eigenvalue weighted by Gasteiger charge is -2.25. The van der Waals surface area contributed by atoms with Crippen LogP contribution < -0.4 is 5.32 Å². The lowest BCUT2D eigenvalue weighted by molar-refractivity contribution is 0.0600. The van der Waals surface area contributed by atoms with E-state index in [4.69, 9.17) is 11.6 Å². The van der Waals surface area contributed by atoms with Crippen molar-refractivity contribution in [1.82, 2.24) is 4.31 Å². The normalized spacial score (nSPS) is 15.2. The molecule has 1 aliphatic rings. The maximum Gasteiger partial charge on any atom is 0.339 e. The zero-order valence-electron chi connectivity index (χ0n) is 14.8. The number of ether oxygens (including phenoxy) is 1. The van der Waals surface area contributed by atoms with Gasteiger partial charge in [-0.05, 0) is 29.6 Å². The van der Waals surface area contributed by atoms with E-state index in [1.54, 1.807) is 17.1 Å². The smallest absolute Gasteiger partial charge is 0.339 e. The molecule has 0 unspecified atom stereocenters. The number of carbonyl (C=O) groups is 2. The first-order valence-corrected chi connectivity index (χ1v) is 12.0. The summed E-state index contributed by atoms with van der Waals surface area (Å²) in [5.41, 5.74) is 0.410. The molecule has 0 bridgehead atoms. The molecule has 3 rings (SSSR count). The molecule has 1 saturated heterocycles. The Balaban J connectivity index is 1.85. The summed E-state index contributed by atoms with van der Waals surface area (Å²) >= 11 is 8.72. The highest BCUT2D eigenvalue weighted by atomic mass is 35.5. The van der Waals surface area contributed by atoms with E-state index in [1.807, 2.05) is 0 Å². The minimum absolute atomic E-state index is 0.0101. The topological polar surface area (TPSA) is 92.8 Å². The third kappa shape index (κ3) is 4.36. The van der Waals surface area contributed by atoms with E-state index in [9.17, 15) is 18.0 Å². The predicted octanol–water partition coefficient (Wildman–Crippen LogP) is 3.18. The number of amides is 1. The zero-order valence-corrected chi connectivity index (χ0v) is 18.0. The monoisotopic (exact) mass is 460 g/mol. The molecular weight excluding hydrogens is 444 g/mol. The Bertz CT molecular complexity index is 1000. The minimum atomic E-state index is -3.74. The van der Waals surface area contributed by atoms with Crippen molar-refractivity contribution in [2.24, 2.45) is 0 Å². The summed E-state index contributed by atoms with van der Waals surface area (Å²) in [4.78, 5) is 24.6. The molecule has 0 radical (unpaired) electrons. The number of thioether (sulfide) groups is 1. The van der Waals surface area contributed by atoms with Crippen LogP contribution in [0.15, 0.2) is 34.5 Å². The first kappa shape index (κ1) is 21.1. The van der Waals surface area contributed by atoms with E-state index in [2.05, 4.69) is 10.1 Å². The quantitative estimate of drug-likeness (QED) is 0.689. The Morgan fingerprint density at radius 2 is 1.93 bits per heavy atom. The number of nitrogens with one attached hydrogen (secondary N) is 1. The highest BCUT2D eigenvalue weighted by Crippen LogP contribution is 2.28. The number of esters is 1. The molecule has 0 atom stereocenters. The van der Waals surface area contributed by atoms with Gasteiger partial charge in [-0.1, -0.05) is 11.6 Å². The van der Waals surface area contributed by atoms with Crippen LogP contribution in [0.1, 0.15) is 20.0 Å². The summed E-state index contributed by atoms with van der Waals surface area (Å²) in [5, 5.41) is 4.38. The van der Waals surface area contributed by atoms with Crippen molar-refractivity contribution in [3.63, 3.8) is 0 Å². The second kappa shape index (κ2) is 8.83. The highest BCUT2D eigenvalue weighted by molar-refractivity contribution is 7.99. The van der Waals surface area contributed by atoms with Crippen molar-refractivity contribution in [3.05, 3.63) is 45.1 Å². The molecule has 1 amide bonds. The maximum atomic E-state index is 12.9. The third-order valence-corrected chi connectivity index (χ3v) is 8.31. The SMILES string of the molecule is COC(=O)c1cc(NC(=O)c2sccc2S(=O)(=O)N2CCSCC2)ccc1Cl. The second-order valence-corrected chi connectivity index (χ2v) is 10.2. The number of sulfonamides is 1. The zero-order chi connectivity index (χ0) is 20.3. The van der Waals surface area contributed by atoms with E-state index >= 15 is 0 Å². The standard InChI is InChI=1S/C17H17ClN2O5S3/c1-25-17(22)12-10-11(2-3-13(12)18)19-16(21)15-14(4-7-27-15)28(23,24)20-5-8-26-9-6-20/h2-4,7,10H,5-6,8-9H2,1H3,(H,19,21). The Morgan fingerprint density at radius 1 is 1.21 bits per heavy atom. The summed E-state index contributed by atoms with van der Waals surface area (Å²) in [5.74, 6) is 0.249. The maximum absolute atomic E-state index is 12.9. The summed E-state index contributed by atoms with van der Waals surface area (Å²) in [6, 6.07) is 5.81. The number of thiophene rings is 1. The predicted molar refractivity (Wildman–Crippen MR) is 111 cm³/mol. The van der Waals surface area contributed by atoms with Crippen LogP contribution in [0.25, 0.3) is 0 Å². The first-order chi connectivity index (χ1) is 13.3. The van der Waals surface area contributed by atoms with Crippen LogP contribution in [-0.2, 0) is 14.8 Å². The summed E-state index contributed by atoms with van der Waals surface area (Å²) in [7, 11) is -2.52. The molecule has 1 aliphatic heterocycles. The fourth-order valence-corrected chi connectivity index (χ4v) is 6.72. The third-order valence-electron chi connectivity index (χ3n) is 4.05. The molecule has 11 heteroatoms. The van der Waals surface area contributed by atoms with Gasteiger partial charge in [0.05, 0.1) is 17.7 Å². The van der Waals surface area contributed by atoms with Crippen molar-refractivity contribution in [3.8, 4) is 0 Å². The van der Waals surface area contributed by atoms with Gasteiger partial charge in [-0.15, -0.1) is 11.3 Å². The van der Waals surface area contributed by atoms with E-state index < -0.39 is 21.9 Å². The number of hydrogen-bond acceptors (Lipinski definition) is 7. The van der Waals surface area contributed by atoms with Crippen molar-refractivity contribution in [2.75, 3.05) is 37.0 Å². The van der Waals surface area contributed by atoms with Gasteiger partial charge in [-0.25, -0.2) is 13.2 Å². The number of carbonyl (C=O) groups excluding carboxylic acids is 2. The van der Waals surface area contributed by atoms with Gasteiger partial charge in [-0.2, -0.15) is 16.1 Å². The van der Waals surface area contributed by atoms with E-state index in [1.165, 1.54) is 35.7 Å². The van der Waals surface area contributed by atoms with Gasteiger partial charge in [0.15, 0.2) is 0 Å². The van der Waals surface area contributed by atoms with Crippen LogP contribution >= 0.6 is 34.7 Å².